The van der Waals surface area contributed by atoms with Crippen LogP contribution in [-0.2, 0) is 24.0 Å². The highest BCUT2D eigenvalue weighted by Crippen LogP contribution is 2.18. The molecule has 7 nitrogen and oxygen atoms in total. The minimum absolute atomic E-state index is 0.106. The van der Waals surface area contributed by atoms with Crippen LogP contribution in [0.2, 0.25) is 0 Å². The summed E-state index contributed by atoms with van der Waals surface area (Å²) in [5.74, 6) is -1.31. The maximum Gasteiger partial charge on any atom is 0.333 e. The van der Waals surface area contributed by atoms with E-state index < -0.39 is 17.8 Å². The summed E-state index contributed by atoms with van der Waals surface area (Å²) < 4.78 is 0. The first-order valence-corrected chi connectivity index (χ1v) is 12.9. The van der Waals surface area contributed by atoms with E-state index in [0.29, 0.717) is 23.9 Å². The Kier molecular flexibility index (Phi) is 13.0. The molecule has 0 spiro atoms. The highest BCUT2D eigenvalue weighted by atomic mass is 16.7. The summed E-state index contributed by atoms with van der Waals surface area (Å²) in [7, 11) is 0. The number of rotatable bonds is 9. The van der Waals surface area contributed by atoms with E-state index in [0.717, 1.165) is 32.1 Å². The molecule has 0 radical (unpaired) electrons. The van der Waals surface area contributed by atoms with Crippen LogP contribution in [0.4, 0.5) is 0 Å². The van der Waals surface area contributed by atoms with Crippen molar-refractivity contribution in [3.8, 4) is 0 Å². The quantitative estimate of drug-likeness (QED) is 0.389. The van der Waals surface area contributed by atoms with E-state index in [4.69, 9.17) is 4.84 Å². The molecule has 1 aliphatic heterocycles. The Hall–Kier alpha value is -1.92. The summed E-state index contributed by atoms with van der Waals surface area (Å²) in [5.41, 5.74) is 0. The van der Waals surface area contributed by atoms with Gasteiger partial charge in [-0.05, 0) is 25.7 Å². The van der Waals surface area contributed by atoms with Gasteiger partial charge in [0, 0.05) is 31.7 Å². The second kappa shape index (κ2) is 15.8. The zero-order valence-electron chi connectivity index (χ0n) is 19.7. The maximum atomic E-state index is 12.4. The molecule has 182 valence electrons. The van der Waals surface area contributed by atoms with Crippen LogP contribution in [0.15, 0.2) is 0 Å². The van der Waals surface area contributed by atoms with E-state index in [2.05, 4.69) is 5.32 Å². The van der Waals surface area contributed by atoms with Crippen molar-refractivity contribution in [1.82, 2.24) is 10.4 Å². The number of hydroxylamine groups is 2. The van der Waals surface area contributed by atoms with Crippen molar-refractivity contribution < 1.29 is 24.0 Å². The first-order chi connectivity index (χ1) is 15.6. The average molecular weight is 451 g/mol. The number of nitrogens with zero attached hydrogens (tertiary/aromatic N) is 1. The second-order valence-corrected chi connectivity index (χ2v) is 9.34. The number of hydrogen-bond acceptors (Lipinski definition) is 5. The summed E-state index contributed by atoms with van der Waals surface area (Å²) in [4.78, 5) is 51.9. The van der Waals surface area contributed by atoms with Gasteiger partial charge in [0.1, 0.15) is 0 Å². The molecule has 1 N–H and O–H groups in total. The molecule has 7 heteroatoms. The molecule has 2 fully saturated rings. The summed E-state index contributed by atoms with van der Waals surface area (Å²) in [6, 6.07) is 0.314. The third kappa shape index (κ3) is 11.1. The Labute approximate surface area is 193 Å². The molecule has 0 unspecified atom stereocenters. The van der Waals surface area contributed by atoms with Gasteiger partial charge in [0.15, 0.2) is 0 Å². The molecule has 32 heavy (non-hydrogen) atoms. The van der Waals surface area contributed by atoms with Crippen molar-refractivity contribution in [3.63, 3.8) is 0 Å². The Morgan fingerprint density at radius 2 is 1.19 bits per heavy atom. The molecule has 1 saturated carbocycles. The van der Waals surface area contributed by atoms with Crippen molar-refractivity contribution in [2.45, 2.75) is 134 Å². The highest BCUT2D eigenvalue weighted by Gasteiger charge is 2.32. The van der Waals surface area contributed by atoms with E-state index in [1.54, 1.807) is 0 Å². The van der Waals surface area contributed by atoms with Crippen LogP contribution >= 0.6 is 0 Å². The Bertz CT molecular complexity index is 577. The van der Waals surface area contributed by atoms with E-state index in [1.807, 2.05) is 0 Å². The summed E-state index contributed by atoms with van der Waals surface area (Å²) in [6.45, 7) is 0. The van der Waals surface area contributed by atoms with Gasteiger partial charge in [0.2, 0.25) is 5.91 Å². The predicted octanol–water partition coefficient (Wildman–Crippen LogP) is 5.11. The number of nitrogens with one attached hydrogen (secondary N) is 1. The van der Waals surface area contributed by atoms with Gasteiger partial charge in [0.25, 0.3) is 11.8 Å². The fourth-order valence-corrected chi connectivity index (χ4v) is 4.50. The molecule has 2 rings (SSSR count). The van der Waals surface area contributed by atoms with Crippen LogP contribution in [0.1, 0.15) is 128 Å². The van der Waals surface area contributed by atoms with Crippen molar-refractivity contribution in [3.05, 3.63) is 0 Å². The molecule has 3 amide bonds. The number of imide groups is 1. The third-order valence-corrected chi connectivity index (χ3v) is 6.45. The van der Waals surface area contributed by atoms with Crippen molar-refractivity contribution in [2.24, 2.45) is 0 Å². The van der Waals surface area contributed by atoms with Gasteiger partial charge in [-0.25, -0.2) is 4.79 Å². The fraction of sp³-hybridized carbons (Fsp3) is 0.840. The third-order valence-electron chi connectivity index (χ3n) is 6.45. The summed E-state index contributed by atoms with van der Waals surface area (Å²) in [5, 5.41) is 3.86. The van der Waals surface area contributed by atoms with Crippen LogP contribution in [0.25, 0.3) is 0 Å². The zero-order chi connectivity index (χ0) is 23.0. The Morgan fingerprint density at radius 1 is 0.719 bits per heavy atom. The predicted molar refractivity (Wildman–Crippen MR) is 122 cm³/mol. The van der Waals surface area contributed by atoms with Gasteiger partial charge >= 0.3 is 5.97 Å². The lowest BCUT2D eigenvalue weighted by Gasteiger charge is -2.19. The first-order valence-electron chi connectivity index (χ1n) is 12.9. The lowest BCUT2D eigenvalue weighted by atomic mass is 10.0. The normalized spacial score (nSPS) is 19.7. The molecular formula is C25H42N2O5. The van der Waals surface area contributed by atoms with Gasteiger partial charge in [0.05, 0.1) is 0 Å². The summed E-state index contributed by atoms with van der Waals surface area (Å²) in [6.07, 6.45) is 19.2. The minimum Gasteiger partial charge on any atom is -0.353 e. The SMILES string of the molecule is O=C(CCCCCCC(=O)ON1C(=O)CCC1=O)NC1CCCCCCCCCCCC1. The molecule has 0 aromatic heterocycles. The number of hydrogen-bond donors (Lipinski definition) is 1. The van der Waals surface area contributed by atoms with Crippen LogP contribution in [0.3, 0.4) is 0 Å². The second-order valence-electron chi connectivity index (χ2n) is 9.34. The van der Waals surface area contributed by atoms with E-state index in [-0.39, 0.29) is 25.2 Å². The molecule has 0 aromatic carbocycles. The molecule has 0 atom stereocenters. The van der Waals surface area contributed by atoms with Gasteiger partial charge in [-0.15, -0.1) is 5.06 Å². The average Bonchev–Trinajstić information content (AvgIpc) is 3.09. The largest absolute Gasteiger partial charge is 0.353 e. The highest BCUT2D eigenvalue weighted by molar-refractivity contribution is 6.01. The molecule has 0 bridgehead atoms. The Morgan fingerprint density at radius 3 is 1.72 bits per heavy atom. The van der Waals surface area contributed by atoms with E-state index in [1.165, 1.54) is 64.2 Å². The standard InChI is InChI=1S/C25H42N2O5/c28-22(26-21-15-11-7-5-3-1-2-4-6-8-12-16-21)17-13-9-10-14-18-25(31)32-27-23(29)19-20-24(27)30/h21H,1-20H2,(H,26,28). The van der Waals surface area contributed by atoms with Crippen molar-refractivity contribution in [1.29, 1.82) is 0 Å². The van der Waals surface area contributed by atoms with Crippen LogP contribution in [0.5, 0.6) is 0 Å². The first kappa shape index (κ1) is 26.3. The number of amides is 3. The van der Waals surface area contributed by atoms with Crippen molar-refractivity contribution >= 4 is 23.7 Å². The molecule has 0 aromatic rings. The zero-order valence-corrected chi connectivity index (χ0v) is 19.7. The molecule has 1 heterocycles. The van der Waals surface area contributed by atoms with Crippen molar-refractivity contribution in [2.75, 3.05) is 0 Å². The maximum absolute atomic E-state index is 12.4. The summed E-state index contributed by atoms with van der Waals surface area (Å²) >= 11 is 0. The lowest BCUT2D eigenvalue weighted by Crippen LogP contribution is -2.34. The topological polar surface area (TPSA) is 92.8 Å². The van der Waals surface area contributed by atoms with Gasteiger partial charge in [-0.2, -0.15) is 0 Å². The van der Waals surface area contributed by atoms with Crippen LogP contribution < -0.4 is 5.32 Å². The number of carbonyl (C=O) groups excluding carboxylic acids is 4. The van der Waals surface area contributed by atoms with Gasteiger partial charge < -0.3 is 10.2 Å². The van der Waals surface area contributed by atoms with Gasteiger partial charge in [-0.3, -0.25) is 14.4 Å². The van der Waals surface area contributed by atoms with E-state index >= 15 is 0 Å². The number of carbonyl (C=O) groups is 4. The van der Waals surface area contributed by atoms with Crippen LogP contribution in [0, 0.1) is 0 Å². The molecular weight excluding hydrogens is 408 g/mol. The smallest absolute Gasteiger partial charge is 0.333 e. The monoisotopic (exact) mass is 450 g/mol. The van der Waals surface area contributed by atoms with Gasteiger partial charge in [-0.1, -0.05) is 77.0 Å². The molecule has 1 aliphatic carbocycles. The van der Waals surface area contributed by atoms with Crippen LogP contribution in [-0.4, -0.2) is 34.8 Å². The number of unbranched alkanes of at least 4 members (excludes halogenated alkanes) is 3. The molecule has 2 aliphatic rings. The Balaban J connectivity index is 1.53. The molecule has 1 saturated heterocycles. The fourth-order valence-electron chi connectivity index (χ4n) is 4.50. The minimum atomic E-state index is -0.551. The lowest BCUT2D eigenvalue weighted by molar-refractivity contribution is -0.197. The van der Waals surface area contributed by atoms with E-state index in [9.17, 15) is 19.2 Å².